The minimum absolute atomic E-state index is 0.162. The summed E-state index contributed by atoms with van der Waals surface area (Å²) in [6, 6.07) is 17.4. The molecular formula is C27H22BrIN2O5. The fourth-order valence-corrected chi connectivity index (χ4v) is 4.18. The number of nitrogens with one attached hydrogen (secondary N) is 1. The first kappa shape index (κ1) is 25.9. The predicted molar refractivity (Wildman–Crippen MR) is 149 cm³/mol. The van der Waals surface area contributed by atoms with Gasteiger partial charge in [-0.1, -0.05) is 34.1 Å². The monoisotopic (exact) mass is 660 g/mol. The van der Waals surface area contributed by atoms with Crippen LogP contribution in [0.2, 0.25) is 0 Å². The number of carbonyl (C=O) groups is 3. The van der Waals surface area contributed by atoms with E-state index in [9.17, 15) is 14.4 Å². The van der Waals surface area contributed by atoms with Crippen LogP contribution < -0.4 is 19.7 Å². The van der Waals surface area contributed by atoms with E-state index in [-0.39, 0.29) is 5.57 Å². The molecule has 1 heterocycles. The van der Waals surface area contributed by atoms with Gasteiger partial charge in [0.1, 0.15) is 12.2 Å². The van der Waals surface area contributed by atoms with Crippen molar-refractivity contribution < 1.29 is 23.9 Å². The summed E-state index contributed by atoms with van der Waals surface area (Å²) in [7, 11) is 0. The third-order valence-corrected chi connectivity index (χ3v) is 7.00. The zero-order valence-electron chi connectivity index (χ0n) is 19.5. The van der Waals surface area contributed by atoms with Gasteiger partial charge in [0.15, 0.2) is 11.5 Å². The molecule has 184 valence electrons. The highest BCUT2D eigenvalue weighted by Crippen LogP contribution is 2.31. The van der Waals surface area contributed by atoms with Gasteiger partial charge in [0.2, 0.25) is 0 Å². The molecule has 0 spiro atoms. The van der Waals surface area contributed by atoms with Gasteiger partial charge in [-0.3, -0.25) is 14.9 Å². The first-order valence-electron chi connectivity index (χ1n) is 11.1. The SMILES string of the molecule is CCOc1cc(/C=C2\C(=O)NC(=O)N(c3ccc(Br)c(C)c3)C2=O)ccc1OCc1ccc(I)cc1. The van der Waals surface area contributed by atoms with Crippen LogP contribution in [0.5, 0.6) is 11.5 Å². The Kier molecular flexibility index (Phi) is 8.10. The summed E-state index contributed by atoms with van der Waals surface area (Å²) in [6.07, 6.45) is 1.44. The van der Waals surface area contributed by atoms with Crippen LogP contribution in [-0.2, 0) is 16.2 Å². The smallest absolute Gasteiger partial charge is 0.335 e. The number of aryl methyl sites for hydroxylation is 1. The Morgan fingerprint density at radius 2 is 1.72 bits per heavy atom. The lowest BCUT2D eigenvalue weighted by molar-refractivity contribution is -0.122. The van der Waals surface area contributed by atoms with Gasteiger partial charge in [0, 0.05) is 8.04 Å². The van der Waals surface area contributed by atoms with Gasteiger partial charge in [-0.25, -0.2) is 9.69 Å². The molecule has 0 saturated carbocycles. The van der Waals surface area contributed by atoms with E-state index >= 15 is 0 Å². The van der Waals surface area contributed by atoms with E-state index in [1.165, 1.54) is 6.08 Å². The summed E-state index contributed by atoms with van der Waals surface area (Å²) < 4.78 is 13.7. The second-order valence-corrected chi connectivity index (χ2v) is 10.0. The Morgan fingerprint density at radius 3 is 2.42 bits per heavy atom. The van der Waals surface area contributed by atoms with Crippen LogP contribution in [0.4, 0.5) is 10.5 Å². The Balaban J connectivity index is 1.61. The third-order valence-electron chi connectivity index (χ3n) is 5.39. The maximum absolute atomic E-state index is 13.2. The fourth-order valence-electron chi connectivity index (χ4n) is 3.57. The molecule has 0 aromatic heterocycles. The molecule has 0 bridgehead atoms. The first-order valence-corrected chi connectivity index (χ1v) is 13.0. The fraction of sp³-hybridized carbons (Fsp3) is 0.148. The van der Waals surface area contributed by atoms with Gasteiger partial charge in [0.05, 0.1) is 12.3 Å². The van der Waals surface area contributed by atoms with E-state index in [0.717, 1.165) is 24.1 Å². The van der Waals surface area contributed by atoms with Crippen LogP contribution in [-0.4, -0.2) is 24.5 Å². The average molecular weight is 661 g/mol. The summed E-state index contributed by atoms with van der Waals surface area (Å²) in [5.41, 5.74) is 2.62. The van der Waals surface area contributed by atoms with Crippen LogP contribution in [0.15, 0.2) is 70.7 Å². The lowest BCUT2D eigenvalue weighted by Gasteiger charge is -2.26. The van der Waals surface area contributed by atoms with Gasteiger partial charge in [-0.05, 0) is 102 Å². The first-order chi connectivity index (χ1) is 17.3. The molecule has 0 aliphatic carbocycles. The third kappa shape index (κ3) is 5.79. The number of carbonyl (C=O) groups excluding carboxylic acids is 3. The van der Waals surface area contributed by atoms with Crippen molar-refractivity contribution in [3.05, 3.63) is 91.0 Å². The minimum atomic E-state index is -0.793. The highest BCUT2D eigenvalue weighted by Gasteiger charge is 2.37. The largest absolute Gasteiger partial charge is 0.490 e. The number of rotatable bonds is 7. The van der Waals surface area contributed by atoms with Crippen LogP contribution in [0.3, 0.4) is 0 Å². The van der Waals surface area contributed by atoms with Crippen LogP contribution in [0, 0.1) is 10.5 Å². The number of halogens is 2. The molecular weight excluding hydrogens is 639 g/mol. The summed E-state index contributed by atoms with van der Waals surface area (Å²) in [4.78, 5) is 39.2. The lowest BCUT2D eigenvalue weighted by Crippen LogP contribution is -2.54. The highest BCUT2D eigenvalue weighted by atomic mass is 127. The Morgan fingerprint density at radius 1 is 0.972 bits per heavy atom. The highest BCUT2D eigenvalue weighted by molar-refractivity contribution is 14.1. The molecule has 9 heteroatoms. The summed E-state index contributed by atoms with van der Waals surface area (Å²) in [6.45, 7) is 4.47. The maximum Gasteiger partial charge on any atom is 0.335 e. The Labute approximate surface area is 230 Å². The van der Waals surface area contributed by atoms with Gasteiger partial charge in [0.25, 0.3) is 11.8 Å². The molecule has 3 aromatic carbocycles. The quantitative estimate of drug-likeness (QED) is 0.191. The molecule has 0 radical (unpaired) electrons. The number of nitrogens with zero attached hydrogens (tertiary/aromatic N) is 1. The molecule has 0 atom stereocenters. The van der Waals surface area contributed by atoms with Gasteiger partial charge in [-0.15, -0.1) is 0 Å². The molecule has 36 heavy (non-hydrogen) atoms. The van der Waals surface area contributed by atoms with Crippen LogP contribution >= 0.6 is 38.5 Å². The number of anilines is 1. The minimum Gasteiger partial charge on any atom is -0.490 e. The summed E-state index contributed by atoms with van der Waals surface area (Å²) in [5.74, 6) is -0.439. The second kappa shape index (κ2) is 11.3. The maximum atomic E-state index is 13.2. The number of urea groups is 1. The second-order valence-electron chi connectivity index (χ2n) is 7.95. The molecule has 3 aromatic rings. The van der Waals surface area contributed by atoms with Crippen molar-refractivity contribution in [1.29, 1.82) is 0 Å². The molecule has 1 saturated heterocycles. The zero-order valence-corrected chi connectivity index (χ0v) is 23.3. The summed E-state index contributed by atoms with van der Waals surface area (Å²) in [5, 5.41) is 2.25. The number of hydrogen-bond acceptors (Lipinski definition) is 5. The Bertz CT molecular complexity index is 1370. The van der Waals surface area contributed by atoms with Crippen molar-refractivity contribution >= 4 is 68.1 Å². The van der Waals surface area contributed by atoms with E-state index in [2.05, 4.69) is 43.8 Å². The average Bonchev–Trinajstić information content (AvgIpc) is 2.84. The van der Waals surface area contributed by atoms with Crippen molar-refractivity contribution in [2.75, 3.05) is 11.5 Å². The normalized spacial score (nSPS) is 14.7. The molecule has 1 N–H and O–H groups in total. The molecule has 7 nitrogen and oxygen atoms in total. The Hall–Kier alpha value is -3.18. The predicted octanol–water partition coefficient (Wildman–Crippen LogP) is 6.01. The van der Waals surface area contributed by atoms with Gasteiger partial charge >= 0.3 is 6.03 Å². The standard InChI is InChI=1S/C27H22BrIN2O5/c1-3-35-24-14-18(6-11-23(24)36-15-17-4-7-19(29)8-5-17)13-21-25(32)30-27(34)31(26(21)33)20-9-10-22(28)16(2)12-20/h4-14H,3,15H2,1-2H3,(H,30,32,34)/b21-13+. The van der Waals surface area contributed by atoms with Crippen LogP contribution in [0.1, 0.15) is 23.6 Å². The van der Waals surface area contributed by atoms with E-state index in [0.29, 0.717) is 36.0 Å². The molecule has 0 unspecified atom stereocenters. The van der Waals surface area contributed by atoms with E-state index in [1.807, 2.05) is 38.1 Å². The molecule has 1 aliphatic rings. The van der Waals surface area contributed by atoms with Gasteiger partial charge < -0.3 is 9.47 Å². The number of barbiturate groups is 1. The zero-order chi connectivity index (χ0) is 25.8. The number of benzene rings is 3. The number of amides is 4. The molecule has 1 aliphatic heterocycles. The van der Waals surface area contributed by atoms with E-state index < -0.39 is 17.8 Å². The van der Waals surface area contributed by atoms with Crippen molar-refractivity contribution in [2.24, 2.45) is 0 Å². The lowest BCUT2D eigenvalue weighted by atomic mass is 10.1. The molecule has 4 rings (SSSR count). The van der Waals surface area contributed by atoms with Gasteiger partial charge in [-0.2, -0.15) is 0 Å². The topological polar surface area (TPSA) is 84.9 Å². The molecule has 1 fully saturated rings. The van der Waals surface area contributed by atoms with Crippen molar-refractivity contribution in [2.45, 2.75) is 20.5 Å². The van der Waals surface area contributed by atoms with Crippen LogP contribution in [0.25, 0.3) is 6.08 Å². The summed E-state index contributed by atoms with van der Waals surface area (Å²) >= 11 is 5.66. The van der Waals surface area contributed by atoms with E-state index in [1.54, 1.807) is 36.4 Å². The van der Waals surface area contributed by atoms with E-state index in [4.69, 9.17) is 9.47 Å². The van der Waals surface area contributed by atoms with Crippen molar-refractivity contribution in [3.63, 3.8) is 0 Å². The molecule has 4 amide bonds. The number of hydrogen-bond donors (Lipinski definition) is 1. The van der Waals surface area contributed by atoms with Crippen molar-refractivity contribution in [1.82, 2.24) is 5.32 Å². The van der Waals surface area contributed by atoms with Crippen molar-refractivity contribution in [3.8, 4) is 11.5 Å². The number of ether oxygens (including phenoxy) is 2. The number of imide groups is 2.